The number of hydrogen-bond acceptors (Lipinski definition) is 6. The van der Waals surface area contributed by atoms with Gasteiger partial charge in [-0.25, -0.2) is 9.37 Å². The van der Waals surface area contributed by atoms with Crippen LogP contribution < -0.4 is 10.6 Å². The van der Waals surface area contributed by atoms with Crippen LogP contribution in [0.4, 0.5) is 15.2 Å². The first kappa shape index (κ1) is 24.0. The number of ether oxygens (including phenoxy) is 1. The number of nitrogens with one attached hydrogen (secondary N) is 2. The van der Waals surface area contributed by atoms with Crippen molar-refractivity contribution < 1.29 is 23.5 Å². The minimum Gasteiger partial charge on any atom is -0.383 e. The Hall–Kier alpha value is -3.63. The molecule has 1 aromatic heterocycles. The van der Waals surface area contributed by atoms with Crippen LogP contribution in [0.2, 0.25) is 0 Å². The van der Waals surface area contributed by atoms with E-state index in [-0.39, 0.29) is 37.7 Å². The van der Waals surface area contributed by atoms with Gasteiger partial charge in [0, 0.05) is 24.6 Å². The molecule has 0 unspecified atom stereocenters. The fourth-order valence-corrected chi connectivity index (χ4v) is 3.64. The Kier molecular flexibility index (Phi) is 8.62. The van der Waals surface area contributed by atoms with Crippen molar-refractivity contribution in [1.29, 1.82) is 0 Å². The van der Waals surface area contributed by atoms with E-state index in [1.165, 1.54) is 30.2 Å². The summed E-state index contributed by atoms with van der Waals surface area (Å²) in [5.74, 6) is -1.66. The van der Waals surface area contributed by atoms with Crippen molar-refractivity contribution in [2.75, 3.05) is 37.4 Å². The summed E-state index contributed by atoms with van der Waals surface area (Å²) >= 11 is 1.15. The zero-order valence-electron chi connectivity index (χ0n) is 17.9. The smallest absolute Gasteiger partial charge is 0.254 e. The van der Waals surface area contributed by atoms with E-state index in [0.717, 1.165) is 11.3 Å². The Morgan fingerprint density at radius 1 is 1.03 bits per heavy atom. The average Bonchev–Trinajstić information content (AvgIpc) is 3.24. The van der Waals surface area contributed by atoms with Crippen LogP contribution in [-0.2, 0) is 20.7 Å². The van der Waals surface area contributed by atoms with Gasteiger partial charge >= 0.3 is 0 Å². The first-order valence-electron chi connectivity index (χ1n) is 10.1. The summed E-state index contributed by atoms with van der Waals surface area (Å²) in [5, 5.41) is 7.07. The van der Waals surface area contributed by atoms with Gasteiger partial charge in [-0.2, -0.15) is 0 Å². The van der Waals surface area contributed by atoms with Gasteiger partial charge in [-0.1, -0.05) is 30.3 Å². The van der Waals surface area contributed by atoms with Gasteiger partial charge in [0.05, 0.1) is 24.4 Å². The quantitative estimate of drug-likeness (QED) is 0.474. The molecule has 8 nitrogen and oxygen atoms in total. The Morgan fingerprint density at radius 3 is 2.48 bits per heavy atom. The highest BCUT2D eigenvalue weighted by molar-refractivity contribution is 7.13. The van der Waals surface area contributed by atoms with Gasteiger partial charge in [-0.3, -0.25) is 14.4 Å². The topological polar surface area (TPSA) is 101 Å². The molecule has 172 valence electrons. The van der Waals surface area contributed by atoms with Crippen LogP contribution in [0.3, 0.4) is 0 Å². The maximum absolute atomic E-state index is 13.7. The second-order valence-electron chi connectivity index (χ2n) is 6.98. The highest BCUT2D eigenvalue weighted by atomic mass is 32.1. The van der Waals surface area contributed by atoms with Crippen molar-refractivity contribution in [3.05, 3.63) is 77.1 Å². The molecule has 3 rings (SSSR count). The lowest BCUT2D eigenvalue weighted by molar-refractivity contribution is -0.117. The fraction of sp³-hybridized carbons (Fsp3) is 0.217. The predicted molar refractivity (Wildman–Crippen MR) is 124 cm³/mol. The van der Waals surface area contributed by atoms with E-state index in [9.17, 15) is 18.8 Å². The van der Waals surface area contributed by atoms with Crippen LogP contribution in [0.25, 0.3) is 0 Å². The lowest BCUT2D eigenvalue weighted by Gasteiger charge is -2.21. The van der Waals surface area contributed by atoms with Crippen LogP contribution in [0.1, 0.15) is 16.1 Å². The van der Waals surface area contributed by atoms with Gasteiger partial charge in [-0.05, 0) is 24.3 Å². The first-order chi connectivity index (χ1) is 16.0. The number of methoxy groups -OCH3 is 1. The lowest BCUT2D eigenvalue weighted by atomic mass is 10.2. The highest BCUT2D eigenvalue weighted by Crippen LogP contribution is 2.17. The molecule has 10 heteroatoms. The number of anilines is 2. The molecule has 3 amide bonds. The summed E-state index contributed by atoms with van der Waals surface area (Å²) in [4.78, 5) is 43.1. The van der Waals surface area contributed by atoms with Crippen molar-refractivity contribution in [1.82, 2.24) is 9.88 Å². The Balaban J connectivity index is 1.56. The maximum Gasteiger partial charge on any atom is 0.254 e. The third-order valence-corrected chi connectivity index (χ3v) is 5.30. The lowest BCUT2D eigenvalue weighted by Crippen LogP contribution is -2.40. The van der Waals surface area contributed by atoms with Crippen LogP contribution in [-0.4, -0.2) is 54.4 Å². The SMILES string of the molecule is COCCN(CC(=O)Nc1nc(CC(=O)Nc2ccccc2F)cs1)C(=O)c1ccccc1. The number of aromatic nitrogens is 1. The summed E-state index contributed by atoms with van der Waals surface area (Å²) in [6.45, 7) is 0.348. The number of hydrogen-bond donors (Lipinski definition) is 2. The summed E-state index contributed by atoms with van der Waals surface area (Å²) in [6.07, 6.45) is -0.0762. The van der Waals surface area contributed by atoms with E-state index in [1.807, 2.05) is 0 Å². The molecule has 0 atom stereocenters. The normalized spacial score (nSPS) is 10.5. The summed E-state index contributed by atoms with van der Waals surface area (Å²) in [6, 6.07) is 14.5. The molecule has 1 heterocycles. The standard InChI is InChI=1S/C23H23FN4O4S/c1-32-12-11-28(22(31)16-7-3-2-4-8-16)14-21(30)27-23-25-17(15-33-23)13-20(29)26-19-10-6-5-9-18(19)24/h2-10,15H,11-14H2,1H3,(H,26,29)(H,25,27,30). The third-order valence-electron chi connectivity index (χ3n) is 4.50. The molecule has 0 spiro atoms. The van der Waals surface area contributed by atoms with Crippen molar-refractivity contribution in [2.24, 2.45) is 0 Å². The fourth-order valence-electron chi connectivity index (χ4n) is 2.92. The summed E-state index contributed by atoms with van der Waals surface area (Å²) in [7, 11) is 1.52. The zero-order valence-corrected chi connectivity index (χ0v) is 18.7. The van der Waals surface area contributed by atoms with Crippen LogP contribution in [0.5, 0.6) is 0 Å². The Labute approximate surface area is 194 Å². The van der Waals surface area contributed by atoms with Crippen molar-refractivity contribution >= 4 is 39.9 Å². The largest absolute Gasteiger partial charge is 0.383 e. The molecular weight excluding hydrogens is 447 g/mol. The number of carbonyl (C=O) groups is 3. The minimum atomic E-state index is -0.528. The summed E-state index contributed by atoms with van der Waals surface area (Å²) in [5.41, 5.74) is 0.991. The zero-order chi connectivity index (χ0) is 23.6. The Bertz CT molecular complexity index is 1110. The van der Waals surface area contributed by atoms with E-state index < -0.39 is 17.6 Å². The molecule has 2 aromatic carbocycles. The molecule has 0 saturated carbocycles. The Morgan fingerprint density at radius 2 is 1.76 bits per heavy atom. The van der Waals surface area contributed by atoms with Crippen molar-refractivity contribution in [3.63, 3.8) is 0 Å². The number of halogens is 1. The van der Waals surface area contributed by atoms with Gasteiger partial charge in [0.2, 0.25) is 11.8 Å². The number of rotatable bonds is 10. The van der Waals surface area contributed by atoms with Gasteiger partial charge < -0.3 is 20.3 Å². The van der Waals surface area contributed by atoms with E-state index >= 15 is 0 Å². The molecule has 33 heavy (non-hydrogen) atoms. The van der Waals surface area contributed by atoms with E-state index in [2.05, 4.69) is 15.6 Å². The number of thiazole rings is 1. The number of benzene rings is 2. The second kappa shape index (κ2) is 11.8. The third kappa shape index (κ3) is 7.19. The molecule has 0 aliphatic carbocycles. The monoisotopic (exact) mass is 470 g/mol. The molecule has 0 aliphatic heterocycles. The van der Waals surface area contributed by atoms with Gasteiger partial charge in [0.25, 0.3) is 5.91 Å². The van der Waals surface area contributed by atoms with E-state index in [0.29, 0.717) is 16.4 Å². The van der Waals surface area contributed by atoms with Gasteiger partial charge in [0.1, 0.15) is 12.4 Å². The van der Waals surface area contributed by atoms with Gasteiger partial charge in [0.15, 0.2) is 5.13 Å². The van der Waals surface area contributed by atoms with Crippen LogP contribution >= 0.6 is 11.3 Å². The van der Waals surface area contributed by atoms with Crippen LogP contribution in [0, 0.1) is 5.82 Å². The van der Waals surface area contributed by atoms with Crippen molar-refractivity contribution in [2.45, 2.75) is 6.42 Å². The highest BCUT2D eigenvalue weighted by Gasteiger charge is 2.19. The molecule has 3 aromatic rings. The molecule has 2 N–H and O–H groups in total. The molecule has 0 aliphatic rings. The molecule has 0 fully saturated rings. The number of amides is 3. The first-order valence-corrected chi connectivity index (χ1v) is 11.0. The average molecular weight is 471 g/mol. The molecule has 0 bridgehead atoms. The predicted octanol–water partition coefficient (Wildman–Crippen LogP) is 3.19. The molecule has 0 saturated heterocycles. The number of para-hydroxylation sites is 1. The number of nitrogens with zero attached hydrogens (tertiary/aromatic N) is 2. The second-order valence-corrected chi connectivity index (χ2v) is 7.84. The van der Waals surface area contributed by atoms with Gasteiger partial charge in [-0.15, -0.1) is 11.3 Å². The van der Waals surface area contributed by atoms with Crippen molar-refractivity contribution in [3.8, 4) is 0 Å². The van der Waals surface area contributed by atoms with Crippen LogP contribution in [0.15, 0.2) is 60.0 Å². The summed E-state index contributed by atoms with van der Waals surface area (Å²) < 4.78 is 18.7. The maximum atomic E-state index is 13.7. The molecule has 0 radical (unpaired) electrons. The van der Waals surface area contributed by atoms with E-state index in [1.54, 1.807) is 41.8 Å². The molecular formula is C23H23FN4O4S. The van der Waals surface area contributed by atoms with E-state index in [4.69, 9.17) is 4.74 Å². The minimum absolute atomic E-state index is 0.0762. The number of carbonyl (C=O) groups excluding carboxylic acids is 3.